The average molecular weight is 352 g/mol. The Balaban J connectivity index is 0.00000208. The third kappa shape index (κ3) is 3.21. The molecule has 0 aromatic heterocycles. The van der Waals surface area contributed by atoms with Gasteiger partial charge in [-0.15, -0.1) is 12.4 Å². The quantitative estimate of drug-likeness (QED) is 0.899. The second kappa shape index (κ2) is 7.35. The highest BCUT2D eigenvalue weighted by atomic mass is 35.5. The zero-order chi connectivity index (χ0) is 16.4. The molecule has 2 aliphatic rings. The van der Waals surface area contributed by atoms with E-state index in [9.17, 15) is 9.90 Å². The topological polar surface area (TPSA) is 83.7 Å². The monoisotopic (exact) mass is 351 g/mol. The van der Waals surface area contributed by atoms with E-state index in [0.717, 1.165) is 5.56 Å². The Morgan fingerprint density at radius 2 is 2.04 bits per heavy atom. The van der Waals surface area contributed by atoms with Gasteiger partial charge in [-0.05, 0) is 17.7 Å². The first kappa shape index (κ1) is 17.8. The summed E-state index contributed by atoms with van der Waals surface area (Å²) in [6.07, 6.45) is 5.40. The van der Waals surface area contributed by atoms with Crippen molar-refractivity contribution in [1.82, 2.24) is 4.90 Å². The molecule has 0 saturated heterocycles. The van der Waals surface area contributed by atoms with Gasteiger partial charge in [0.1, 0.15) is 5.84 Å². The molecule has 0 amide bonds. The van der Waals surface area contributed by atoms with E-state index in [-0.39, 0.29) is 18.4 Å². The number of carbonyl (C=O) groups is 1. The van der Waals surface area contributed by atoms with Crippen LogP contribution in [0.3, 0.4) is 0 Å². The molecule has 2 unspecified atom stereocenters. The maximum absolute atomic E-state index is 11.4. The van der Waals surface area contributed by atoms with Crippen LogP contribution in [0.1, 0.15) is 18.0 Å². The van der Waals surface area contributed by atoms with E-state index in [1.165, 1.54) is 0 Å². The number of carboxylic acid groups (broad SMARTS) is 1. The van der Waals surface area contributed by atoms with Crippen LogP contribution in [0.15, 0.2) is 40.6 Å². The smallest absolute Gasteiger partial charge is 0.328 e. The molecule has 128 valence electrons. The van der Waals surface area contributed by atoms with E-state index in [1.54, 1.807) is 32.8 Å². The molecule has 2 aliphatic heterocycles. The summed E-state index contributed by atoms with van der Waals surface area (Å²) in [6.45, 7) is 0. The molecule has 2 atom stereocenters. The molecule has 0 bridgehead atoms. The maximum atomic E-state index is 11.4. The van der Waals surface area contributed by atoms with Gasteiger partial charge in [0.05, 0.1) is 26.5 Å². The van der Waals surface area contributed by atoms with Crippen LogP contribution >= 0.6 is 12.4 Å². The van der Waals surface area contributed by atoms with Crippen molar-refractivity contribution in [2.45, 2.75) is 18.5 Å². The van der Waals surface area contributed by atoms with Gasteiger partial charge >= 0.3 is 5.97 Å². The number of ether oxygens (including phenoxy) is 2. The van der Waals surface area contributed by atoms with E-state index in [2.05, 4.69) is 9.98 Å². The number of rotatable bonds is 4. The number of amidine groups is 1. The molecule has 0 fully saturated rings. The summed E-state index contributed by atoms with van der Waals surface area (Å²) in [4.78, 5) is 21.6. The number of hydrogen-bond acceptors (Lipinski definition) is 6. The minimum Gasteiger partial charge on any atom is -0.493 e. The second-order valence-electron chi connectivity index (χ2n) is 5.19. The number of aliphatic imine (C=N–C) groups is 2. The average Bonchev–Trinajstić information content (AvgIpc) is 2.60. The van der Waals surface area contributed by atoms with Gasteiger partial charge in [-0.2, -0.15) is 0 Å². The van der Waals surface area contributed by atoms with Crippen molar-refractivity contribution in [2.75, 3.05) is 14.2 Å². The zero-order valence-corrected chi connectivity index (χ0v) is 14.1. The molecule has 0 radical (unpaired) electrons. The van der Waals surface area contributed by atoms with E-state index in [1.807, 2.05) is 23.1 Å². The summed E-state index contributed by atoms with van der Waals surface area (Å²) >= 11 is 0. The lowest BCUT2D eigenvalue weighted by molar-refractivity contribution is -0.139. The molecular formula is C16H18ClN3O4. The van der Waals surface area contributed by atoms with Crippen molar-refractivity contribution in [3.8, 4) is 11.5 Å². The van der Waals surface area contributed by atoms with Gasteiger partial charge in [0, 0.05) is 18.8 Å². The molecule has 1 aromatic carbocycles. The zero-order valence-electron chi connectivity index (χ0n) is 13.2. The molecule has 0 spiro atoms. The number of aliphatic carboxylic acids is 1. The van der Waals surface area contributed by atoms with Gasteiger partial charge in [-0.1, -0.05) is 6.07 Å². The van der Waals surface area contributed by atoms with Crippen LogP contribution in [0.4, 0.5) is 0 Å². The molecule has 2 heterocycles. The van der Waals surface area contributed by atoms with E-state index in [4.69, 9.17) is 9.47 Å². The summed E-state index contributed by atoms with van der Waals surface area (Å²) < 4.78 is 10.6. The Bertz CT molecular complexity index is 717. The highest BCUT2D eigenvalue weighted by molar-refractivity contribution is 6.30. The van der Waals surface area contributed by atoms with E-state index >= 15 is 0 Å². The van der Waals surface area contributed by atoms with Gasteiger partial charge in [-0.3, -0.25) is 9.98 Å². The summed E-state index contributed by atoms with van der Waals surface area (Å²) in [5, 5.41) is 9.34. The lowest BCUT2D eigenvalue weighted by Gasteiger charge is -2.36. The van der Waals surface area contributed by atoms with Crippen molar-refractivity contribution < 1.29 is 19.4 Å². The van der Waals surface area contributed by atoms with Crippen LogP contribution in [-0.2, 0) is 4.79 Å². The minimum atomic E-state index is -0.939. The van der Waals surface area contributed by atoms with Crippen LogP contribution < -0.4 is 9.47 Å². The Morgan fingerprint density at radius 3 is 2.71 bits per heavy atom. The molecule has 3 rings (SSSR count). The number of fused-ring (bicyclic) bond motifs is 1. The van der Waals surface area contributed by atoms with Gasteiger partial charge in [-0.25, -0.2) is 4.79 Å². The van der Waals surface area contributed by atoms with Crippen molar-refractivity contribution in [3.05, 3.63) is 36.2 Å². The number of carboxylic acids is 1. The maximum Gasteiger partial charge on any atom is 0.328 e. The van der Waals surface area contributed by atoms with Crippen LogP contribution in [0.2, 0.25) is 0 Å². The third-order valence-corrected chi connectivity index (χ3v) is 3.92. The molecule has 0 aliphatic carbocycles. The number of nitrogens with zero attached hydrogens (tertiary/aromatic N) is 3. The number of methoxy groups -OCH3 is 2. The first-order chi connectivity index (χ1) is 11.1. The predicted molar refractivity (Wildman–Crippen MR) is 92.5 cm³/mol. The van der Waals surface area contributed by atoms with Crippen molar-refractivity contribution >= 4 is 30.4 Å². The summed E-state index contributed by atoms with van der Waals surface area (Å²) in [5.74, 6) is 0.846. The Hall–Kier alpha value is -2.54. The Labute approximate surface area is 145 Å². The molecular weight excluding hydrogens is 334 g/mol. The lowest BCUT2D eigenvalue weighted by atomic mass is 9.95. The van der Waals surface area contributed by atoms with E-state index < -0.39 is 12.0 Å². The molecule has 1 N–H and O–H groups in total. The van der Waals surface area contributed by atoms with Crippen LogP contribution in [0.5, 0.6) is 11.5 Å². The van der Waals surface area contributed by atoms with Gasteiger partial charge in [0.2, 0.25) is 0 Å². The first-order valence-corrected chi connectivity index (χ1v) is 7.14. The summed E-state index contributed by atoms with van der Waals surface area (Å²) in [6, 6.07) is 4.64. The highest BCUT2D eigenvalue weighted by Gasteiger charge is 2.34. The first-order valence-electron chi connectivity index (χ1n) is 7.14. The second-order valence-corrected chi connectivity index (χ2v) is 5.19. The number of halogens is 1. The third-order valence-electron chi connectivity index (χ3n) is 3.92. The van der Waals surface area contributed by atoms with Crippen molar-refractivity contribution in [2.24, 2.45) is 9.98 Å². The molecule has 7 nitrogen and oxygen atoms in total. The van der Waals surface area contributed by atoms with Crippen LogP contribution in [0.25, 0.3) is 0 Å². The standard InChI is InChI=1S/C16H17N3O4.ClH/c1-22-13-4-3-10(7-14(13)23-2)12-8-11(16(20)21)18-15-9-17-5-6-19(12)15;/h3-7,9,11-12H,8H2,1-2H3,(H,20,21);1H. The predicted octanol–water partition coefficient (Wildman–Crippen LogP) is 2.28. The van der Waals surface area contributed by atoms with Gasteiger partial charge in [0.15, 0.2) is 17.5 Å². The van der Waals surface area contributed by atoms with Crippen LogP contribution in [0, 0.1) is 0 Å². The van der Waals surface area contributed by atoms with Gasteiger partial charge in [0.25, 0.3) is 0 Å². The molecule has 1 aromatic rings. The fraction of sp³-hybridized carbons (Fsp3) is 0.312. The lowest BCUT2D eigenvalue weighted by Crippen LogP contribution is -2.41. The Kier molecular flexibility index (Phi) is 5.46. The fourth-order valence-corrected chi connectivity index (χ4v) is 2.78. The van der Waals surface area contributed by atoms with Gasteiger partial charge < -0.3 is 19.5 Å². The molecule has 8 heteroatoms. The highest BCUT2D eigenvalue weighted by Crippen LogP contribution is 2.36. The van der Waals surface area contributed by atoms with Crippen molar-refractivity contribution in [1.29, 1.82) is 0 Å². The van der Waals surface area contributed by atoms with Crippen molar-refractivity contribution in [3.63, 3.8) is 0 Å². The normalized spacial score (nSPS) is 21.4. The molecule has 0 saturated carbocycles. The van der Waals surface area contributed by atoms with E-state index in [0.29, 0.717) is 23.8 Å². The SMILES string of the molecule is COc1ccc(C2CC(C(=O)O)N=C3C=NC=CN32)cc1OC.Cl. The largest absolute Gasteiger partial charge is 0.493 e. The Morgan fingerprint density at radius 1 is 1.29 bits per heavy atom. The number of benzene rings is 1. The summed E-state index contributed by atoms with van der Waals surface area (Å²) in [7, 11) is 3.15. The number of hydrogen-bond donors (Lipinski definition) is 1. The molecule has 24 heavy (non-hydrogen) atoms. The minimum absolute atomic E-state index is 0. The fourth-order valence-electron chi connectivity index (χ4n) is 2.78. The van der Waals surface area contributed by atoms with Crippen LogP contribution in [-0.4, -0.2) is 48.3 Å². The summed E-state index contributed by atoms with van der Waals surface area (Å²) in [5.41, 5.74) is 0.932.